The van der Waals surface area contributed by atoms with Crippen LogP contribution in [0.5, 0.6) is 0 Å². The summed E-state index contributed by atoms with van der Waals surface area (Å²) < 4.78 is 28.6. The van der Waals surface area contributed by atoms with Crippen LogP contribution >= 0.6 is 24.0 Å². The molecule has 0 amide bonds. The molecule has 1 N–H and O–H groups in total. The zero-order valence-electron chi connectivity index (χ0n) is 12.4. The van der Waals surface area contributed by atoms with Crippen LogP contribution in [-0.4, -0.2) is 47.4 Å². The second kappa shape index (κ2) is 7.14. The number of aromatic nitrogens is 3. The molecule has 10 heteroatoms. The molecule has 0 aliphatic carbocycles. The van der Waals surface area contributed by atoms with Crippen LogP contribution in [0, 0.1) is 0 Å². The highest BCUT2D eigenvalue weighted by atomic mass is 35.5. The van der Waals surface area contributed by atoms with Gasteiger partial charge in [-0.05, 0) is 11.6 Å². The number of halogens is 2. The predicted octanol–water partition coefficient (Wildman–Crippen LogP) is 1.23. The normalized spacial score (nSPS) is 19.3. The van der Waals surface area contributed by atoms with E-state index in [0.29, 0.717) is 24.7 Å². The van der Waals surface area contributed by atoms with Gasteiger partial charge in [0.15, 0.2) is 5.03 Å². The maximum atomic E-state index is 12.9. The van der Waals surface area contributed by atoms with Crippen molar-refractivity contribution < 1.29 is 8.42 Å². The summed E-state index contributed by atoms with van der Waals surface area (Å²) in [5, 5.41) is 11.2. The van der Waals surface area contributed by atoms with Crippen LogP contribution in [0.1, 0.15) is 11.6 Å². The SMILES string of the molecule is Cl.Cn1nncc1S(=O)(=O)N1CCNCC1c1ccccc1Cl. The molecule has 1 unspecified atom stereocenters. The summed E-state index contributed by atoms with van der Waals surface area (Å²) in [6.45, 7) is 1.46. The Labute approximate surface area is 146 Å². The first-order chi connectivity index (χ1) is 10.5. The van der Waals surface area contributed by atoms with Gasteiger partial charge in [0, 0.05) is 31.7 Å². The van der Waals surface area contributed by atoms with Gasteiger partial charge in [-0.15, -0.1) is 17.5 Å². The number of nitrogens with one attached hydrogen (secondary N) is 1. The van der Waals surface area contributed by atoms with Crippen molar-refractivity contribution >= 4 is 34.0 Å². The Morgan fingerprint density at radius 2 is 2.09 bits per heavy atom. The van der Waals surface area contributed by atoms with E-state index in [0.717, 1.165) is 5.56 Å². The van der Waals surface area contributed by atoms with Crippen molar-refractivity contribution in [3.63, 3.8) is 0 Å². The standard InChI is InChI=1S/C13H16ClN5O2S.ClH/c1-18-13(9-16-17-18)22(20,21)19-7-6-15-8-12(19)10-4-2-3-5-11(10)14;/h2-5,9,12,15H,6-8H2,1H3;1H. The van der Waals surface area contributed by atoms with Crippen LogP contribution in [0.2, 0.25) is 5.02 Å². The fourth-order valence-electron chi connectivity index (χ4n) is 2.62. The van der Waals surface area contributed by atoms with Crippen LogP contribution in [0.3, 0.4) is 0 Å². The quantitative estimate of drug-likeness (QED) is 0.869. The number of hydrogen-bond acceptors (Lipinski definition) is 5. The molecule has 2 heterocycles. The summed E-state index contributed by atoms with van der Waals surface area (Å²) >= 11 is 6.25. The van der Waals surface area contributed by atoms with E-state index in [1.54, 1.807) is 13.1 Å². The van der Waals surface area contributed by atoms with Crippen LogP contribution in [-0.2, 0) is 17.1 Å². The van der Waals surface area contributed by atoms with E-state index in [1.165, 1.54) is 15.2 Å². The Kier molecular flexibility index (Phi) is 5.64. The summed E-state index contributed by atoms with van der Waals surface area (Å²) in [6, 6.07) is 6.94. The van der Waals surface area contributed by atoms with E-state index in [4.69, 9.17) is 11.6 Å². The number of benzene rings is 1. The minimum Gasteiger partial charge on any atom is -0.313 e. The number of piperazine rings is 1. The van der Waals surface area contributed by atoms with Gasteiger partial charge in [0.25, 0.3) is 10.0 Å². The predicted molar refractivity (Wildman–Crippen MR) is 89.2 cm³/mol. The summed E-state index contributed by atoms with van der Waals surface area (Å²) in [5.41, 5.74) is 0.787. The molecule has 1 saturated heterocycles. The third-order valence-corrected chi connectivity index (χ3v) is 6.00. The summed E-state index contributed by atoms with van der Waals surface area (Å²) in [5.74, 6) is 0. The second-order valence-corrected chi connectivity index (χ2v) is 7.30. The van der Waals surface area contributed by atoms with Crippen LogP contribution in [0.25, 0.3) is 0 Å². The summed E-state index contributed by atoms with van der Waals surface area (Å²) in [6.07, 6.45) is 1.26. The number of aryl methyl sites for hydroxylation is 1. The second-order valence-electron chi connectivity index (χ2n) is 5.05. The molecule has 1 aromatic heterocycles. The van der Waals surface area contributed by atoms with E-state index in [9.17, 15) is 8.42 Å². The van der Waals surface area contributed by atoms with Crippen molar-refractivity contribution in [1.29, 1.82) is 0 Å². The monoisotopic (exact) mass is 377 g/mol. The lowest BCUT2D eigenvalue weighted by Gasteiger charge is -2.35. The average Bonchev–Trinajstić information content (AvgIpc) is 2.95. The highest BCUT2D eigenvalue weighted by Gasteiger charge is 2.37. The van der Waals surface area contributed by atoms with Crippen LogP contribution in [0.15, 0.2) is 35.5 Å². The van der Waals surface area contributed by atoms with Crippen molar-refractivity contribution in [2.75, 3.05) is 19.6 Å². The number of nitrogens with zero attached hydrogens (tertiary/aromatic N) is 4. The maximum absolute atomic E-state index is 12.9. The first-order valence-electron chi connectivity index (χ1n) is 6.83. The first-order valence-corrected chi connectivity index (χ1v) is 8.65. The Morgan fingerprint density at radius 3 is 2.74 bits per heavy atom. The molecule has 7 nitrogen and oxygen atoms in total. The zero-order valence-corrected chi connectivity index (χ0v) is 14.8. The third-order valence-electron chi connectivity index (χ3n) is 3.70. The molecule has 0 saturated carbocycles. The Balaban J connectivity index is 0.00000192. The number of rotatable bonds is 3. The van der Waals surface area contributed by atoms with Gasteiger partial charge in [-0.3, -0.25) is 0 Å². The van der Waals surface area contributed by atoms with E-state index in [1.807, 2.05) is 18.2 Å². The summed E-state index contributed by atoms with van der Waals surface area (Å²) in [7, 11) is -2.13. The van der Waals surface area contributed by atoms with Crippen molar-refractivity contribution in [2.24, 2.45) is 7.05 Å². The molecular formula is C13H17Cl2N5O2S. The van der Waals surface area contributed by atoms with Crippen molar-refractivity contribution in [3.8, 4) is 0 Å². The largest absolute Gasteiger partial charge is 0.313 e. The average molecular weight is 378 g/mol. The van der Waals surface area contributed by atoms with Crippen molar-refractivity contribution in [3.05, 3.63) is 41.0 Å². The minimum absolute atomic E-state index is 0. The molecule has 1 atom stereocenters. The Hall–Kier alpha value is -1.19. The molecule has 0 spiro atoms. The zero-order chi connectivity index (χ0) is 15.7. The fourth-order valence-corrected chi connectivity index (χ4v) is 4.53. The van der Waals surface area contributed by atoms with E-state index in [-0.39, 0.29) is 23.5 Å². The van der Waals surface area contributed by atoms with Gasteiger partial charge in [-0.1, -0.05) is 35.0 Å². The van der Waals surface area contributed by atoms with Crippen LogP contribution < -0.4 is 5.32 Å². The highest BCUT2D eigenvalue weighted by molar-refractivity contribution is 7.89. The molecule has 1 aliphatic heterocycles. The fraction of sp³-hybridized carbons (Fsp3) is 0.385. The lowest BCUT2D eigenvalue weighted by Crippen LogP contribution is -2.49. The van der Waals surface area contributed by atoms with Gasteiger partial charge in [0.05, 0.1) is 12.2 Å². The van der Waals surface area contributed by atoms with Gasteiger partial charge in [-0.25, -0.2) is 13.1 Å². The number of sulfonamides is 1. The lowest BCUT2D eigenvalue weighted by molar-refractivity contribution is 0.270. The van der Waals surface area contributed by atoms with E-state index in [2.05, 4.69) is 15.6 Å². The Morgan fingerprint density at radius 1 is 1.35 bits per heavy atom. The molecule has 1 aromatic carbocycles. The molecule has 23 heavy (non-hydrogen) atoms. The molecule has 0 radical (unpaired) electrons. The van der Waals surface area contributed by atoms with Gasteiger partial charge < -0.3 is 5.32 Å². The summed E-state index contributed by atoms with van der Waals surface area (Å²) in [4.78, 5) is 0. The van der Waals surface area contributed by atoms with Gasteiger partial charge in [0.1, 0.15) is 0 Å². The van der Waals surface area contributed by atoms with Gasteiger partial charge in [-0.2, -0.15) is 4.31 Å². The smallest absolute Gasteiger partial charge is 0.262 e. The Bertz CT molecular complexity index is 780. The maximum Gasteiger partial charge on any atom is 0.262 e. The molecule has 126 valence electrons. The van der Waals surface area contributed by atoms with Gasteiger partial charge >= 0.3 is 0 Å². The topological polar surface area (TPSA) is 80.1 Å². The van der Waals surface area contributed by atoms with Crippen molar-refractivity contribution in [2.45, 2.75) is 11.1 Å². The highest BCUT2D eigenvalue weighted by Crippen LogP contribution is 2.32. The molecular weight excluding hydrogens is 361 g/mol. The minimum atomic E-state index is -3.69. The molecule has 3 rings (SSSR count). The van der Waals surface area contributed by atoms with E-state index >= 15 is 0 Å². The van der Waals surface area contributed by atoms with Crippen molar-refractivity contribution in [1.82, 2.24) is 24.6 Å². The molecule has 0 bridgehead atoms. The molecule has 1 aliphatic rings. The molecule has 1 fully saturated rings. The van der Waals surface area contributed by atoms with Crippen LogP contribution in [0.4, 0.5) is 0 Å². The first kappa shape index (κ1) is 18.2. The number of hydrogen-bond donors (Lipinski definition) is 1. The van der Waals surface area contributed by atoms with E-state index < -0.39 is 10.0 Å². The van der Waals surface area contributed by atoms with Gasteiger partial charge in [0.2, 0.25) is 0 Å². The lowest BCUT2D eigenvalue weighted by atomic mass is 10.1. The molecule has 2 aromatic rings. The third kappa shape index (κ3) is 3.36.